The zero-order valence-electron chi connectivity index (χ0n) is 8.87. The monoisotopic (exact) mass is 200 g/mol. The van der Waals surface area contributed by atoms with Crippen molar-refractivity contribution in [2.24, 2.45) is 0 Å². The second-order valence-corrected chi connectivity index (χ2v) is 4.55. The molecule has 0 radical (unpaired) electrons. The molecule has 1 atom stereocenters. The van der Waals surface area contributed by atoms with Gasteiger partial charge >= 0.3 is 0 Å². The molecular formula is C14H16O. The molecule has 0 fully saturated rings. The summed E-state index contributed by atoms with van der Waals surface area (Å²) < 4.78 is 0. The molecular weight excluding hydrogens is 184 g/mol. The standard InChI is InChI=1S/C14H16O/c15-9-8-10-4-5-11-2-1-3-12-6-7-13(10)14(11)12/h1-2,4-5,12,15H,3,6-9H2. The van der Waals surface area contributed by atoms with E-state index >= 15 is 0 Å². The van der Waals surface area contributed by atoms with Crippen molar-refractivity contribution < 1.29 is 5.11 Å². The molecule has 2 aliphatic rings. The molecule has 1 unspecified atom stereocenters. The molecule has 3 rings (SSSR count). The number of rotatable bonds is 2. The van der Waals surface area contributed by atoms with Crippen molar-refractivity contribution in [3.63, 3.8) is 0 Å². The third-order valence-electron chi connectivity index (χ3n) is 3.74. The molecule has 2 aliphatic carbocycles. The van der Waals surface area contributed by atoms with Crippen LogP contribution >= 0.6 is 0 Å². The van der Waals surface area contributed by atoms with Crippen LogP contribution in [0.4, 0.5) is 0 Å². The fraction of sp³-hybridized carbons (Fsp3) is 0.429. The van der Waals surface area contributed by atoms with Crippen LogP contribution in [0.1, 0.15) is 41.0 Å². The van der Waals surface area contributed by atoms with Crippen LogP contribution in [0.2, 0.25) is 0 Å². The highest BCUT2D eigenvalue weighted by Crippen LogP contribution is 2.42. The first-order valence-electron chi connectivity index (χ1n) is 5.82. The van der Waals surface area contributed by atoms with Gasteiger partial charge in [0, 0.05) is 6.61 Å². The van der Waals surface area contributed by atoms with Crippen molar-refractivity contribution in [2.45, 2.75) is 31.6 Å². The Morgan fingerprint density at radius 3 is 3.13 bits per heavy atom. The highest BCUT2D eigenvalue weighted by Gasteiger charge is 2.27. The van der Waals surface area contributed by atoms with Crippen molar-refractivity contribution in [3.05, 3.63) is 40.5 Å². The Morgan fingerprint density at radius 2 is 2.27 bits per heavy atom. The van der Waals surface area contributed by atoms with Gasteiger partial charge in [-0.3, -0.25) is 0 Å². The lowest BCUT2D eigenvalue weighted by Gasteiger charge is -2.18. The highest BCUT2D eigenvalue weighted by atomic mass is 16.2. The van der Waals surface area contributed by atoms with E-state index in [4.69, 9.17) is 5.11 Å². The van der Waals surface area contributed by atoms with Crippen LogP contribution in [0.25, 0.3) is 6.08 Å². The zero-order chi connectivity index (χ0) is 10.3. The Kier molecular flexibility index (Phi) is 2.14. The number of hydrogen-bond donors (Lipinski definition) is 1. The second kappa shape index (κ2) is 3.49. The Balaban J connectivity index is 2.14. The van der Waals surface area contributed by atoms with E-state index in [-0.39, 0.29) is 6.61 Å². The van der Waals surface area contributed by atoms with Crippen molar-refractivity contribution in [3.8, 4) is 0 Å². The molecule has 0 bridgehead atoms. The van der Waals surface area contributed by atoms with E-state index in [1.54, 1.807) is 5.56 Å². The second-order valence-electron chi connectivity index (χ2n) is 4.55. The van der Waals surface area contributed by atoms with Gasteiger partial charge in [0.05, 0.1) is 0 Å². The van der Waals surface area contributed by atoms with Gasteiger partial charge < -0.3 is 5.11 Å². The van der Waals surface area contributed by atoms with E-state index in [9.17, 15) is 0 Å². The molecule has 1 aromatic rings. The lowest BCUT2D eigenvalue weighted by Crippen LogP contribution is -2.02. The molecule has 0 spiro atoms. The molecule has 0 heterocycles. The first kappa shape index (κ1) is 9.17. The first-order valence-corrected chi connectivity index (χ1v) is 5.82. The molecule has 0 aromatic heterocycles. The van der Waals surface area contributed by atoms with Crippen LogP contribution < -0.4 is 0 Å². The minimum atomic E-state index is 0.270. The van der Waals surface area contributed by atoms with Crippen LogP contribution in [-0.4, -0.2) is 11.7 Å². The zero-order valence-corrected chi connectivity index (χ0v) is 8.87. The van der Waals surface area contributed by atoms with Crippen molar-refractivity contribution in [1.82, 2.24) is 0 Å². The van der Waals surface area contributed by atoms with Crippen LogP contribution in [0, 0.1) is 0 Å². The fourth-order valence-electron chi connectivity index (χ4n) is 3.06. The topological polar surface area (TPSA) is 20.2 Å². The predicted octanol–water partition coefficient (Wildman–Crippen LogP) is 2.67. The summed E-state index contributed by atoms with van der Waals surface area (Å²) in [5.74, 6) is 0.763. The van der Waals surface area contributed by atoms with E-state index < -0.39 is 0 Å². The number of hydrogen-bond acceptors (Lipinski definition) is 1. The number of benzene rings is 1. The summed E-state index contributed by atoms with van der Waals surface area (Å²) in [7, 11) is 0. The smallest absolute Gasteiger partial charge is 0.0471 e. The number of aliphatic hydroxyl groups is 1. The van der Waals surface area contributed by atoms with Crippen LogP contribution in [0.5, 0.6) is 0 Å². The summed E-state index contributed by atoms with van der Waals surface area (Å²) in [4.78, 5) is 0. The van der Waals surface area contributed by atoms with Crippen LogP contribution in [0.15, 0.2) is 18.2 Å². The summed E-state index contributed by atoms with van der Waals surface area (Å²) in [5.41, 5.74) is 5.91. The SMILES string of the molecule is OCCc1ccc2c3c1CCC3CC=C2. The van der Waals surface area contributed by atoms with Crippen LogP contribution in [0.3, 0.4) is 0 Å². The van der Waals surface area contributed by atoms with Gasteiger partial charge in [0.25, 0.3) is 0 Å². The molecule has 1 N–H and O–H groups in total. The first-order chi connectivity index (χ1) is 7.40. The molecule has 0 saturated carbocycles. The molecule has 1 aromatic carbocycles. The third kappa shape index (κ3) is 1.34. The minimum absolute atomic E-state index is 0.270. The third-order valence-corrected chi connectivity index (χ3v) is 3.74. The fourth-order valence-corrected chi connectivity index (χ4v) is 3.06. The minimum Gasteiger partial charge on any atom is -0.396 e. The summed E-state index contributed by atoms with van der Waals surface area (Å²) in [6.07, 6.45) is 9.10. The maximum Gasteiger partial charge on any atom is 0.0471 e. The summed E-state index contributed by atoms with van der Waals surface area (Å²) in [6, 6.07) is 4.42. The van der Waals surface area contributed by atoms with Gasteiger partial charge in [0.2, 0.25) is 0 Å². The lowest BCUT2D eigenvalue weighted by atomic mass is 9.87. The van der Waals surface area contributed by atoms with Crippen molar-refractivity contribution in [1.29, 1.82) is 0 Å². The Bertz CT molecular complexity index is 418. The Morgan fingerprint density at radius 1 is 1.33 bits per heavy atom. The van der Waals surface area contributed by atoms with Gasteiger partial charge in [-0.15, -0.1) is 0 Å². The number of aliphatic hydroxyl groups excluding tert-OH is 1. The van der Waals surface area contributed by atoms with E-state index in [1.165, 1.54) is 36.0 Å². The van der Waals surface area contributed by atoms with E-state index in [0.29, 0.717) is 0 Å². The molecule has 0 aliphatic heterocycles. The molecule has 78 valence electrons. The Labute approximate surface area is 90.4 Å². The predicted molar refractivity (Wildman–Crippen MR) is 61.9 cm³/mol. The molecule has 15 heavy (non-hydrogen) atoms. The van der Waals surface area contributed by atoms with Crippen molar-refractivity contribution in [2.75, 3.05) is 6.61 Å². The van der Waals surface area contributed by atoms with E-state index in [0.717, 1.165) is 12.3 Å². The average molecular weight is 200 g/mol. The van der Waals surface area contributed by atoms with Gasteiger partial charge in [0.15, 0.2) is 0 Å². The number of allylic oxidation sites excluding steroid dienone is 1. The maximum atomic E-state index is 9.04. The molecule has 1 nitrogen and oxygen atoms in total. The summed E-state index contributed by atoms with van der Waals surface area (Å²) in [5, 5.41) is 9.04. The maximum absolute atomic E-state index is 9.04. The largest absolute Gasteiger partial charge is 0.396 e. The van der Waals surface area contributed by atoms with Gasteiger partial charge in [-0.05, 0) is 53.9 Å². The average Bonchev–Trinajstić information content (AvgIpc) is 2.69. The van der Waals surface area contributed by atoms with Crippen molar-refractivity contribution >= 4 is 6.08 Å². The Hall–Kier alpha value is -1.08. The molecule has 0 saturated heterocycles. The quantitative estimate of drug-likeness (QED) is 0.778. The lowest BCUT2D eigenvalue weighted by molar-refractivity contribution is 0.299. The summed E-state index contributed by atoms with van der Waals surface area (Å²) in [6.45, 7) is 0.270. The van der Waals surface area contributed by atoms with E-state index in [2.05, 4.69) is 24.3 Å². The van der Waals surface area contributed by atoms with E-state index in [1.807, 2.05) is 0 Å². The van der Waals surface area contributed by atoms with Gasteiger partial charge in [0.1, 0.15) is 0 Å². The highest BCUT2D eigenvalue weighted by molar-refractivity contribution is 5.63. The van der Waals surface area contributed by atoms with Crippen LogP contribution in [-0.2, 0) is 12.8 Å². The van der Waals surface area contributed by atoms with Gasteiger partial charge in [-0.2, -0.15) is 0 Å². The normalized spacial score (nSPS) is 21.8. The van der Waals surface area contributed by atoms with Gasteiger partial charge in [-0.1, -0.05) is 24.3 Å². The molecule has 1 heteroatoms. The summed E-state index contributed by atoms with van der Waals surface area (Å²) >= 11 is 0. The van der Waals surface area contributed by atoms with Gasteiger partial charge in [-0.25, -0.2) is 0 Å². The molecule has 0 amide bonds.